The maximum atomic E-state index is 14.8. The lowest BCUT2D eigenvalue weighted by Gasteiger charge is -2.53. The van der Waals surface area contributed by atoms with E-state index in [4.69, 9.17) is 9.47 Å². The first-order valence-corrected chi connectivity index (χ1v) is 10.6. The SMILES string of the molecule is CC1CC(C(=O)OCOC2C3CC4CC(C3)CC2C4)C(F)(F)C(F)(C(C)(F)F)C1. The second kappa shape index (κ2) is 7.06. The van der Waals surface area contributed by atoms with Crippen molar-refractivity contribution in [2.75, 3.05) is 6.79 Å². The maximum Gasteiger partial charge on any atom is 0.317 e. The van der Waals surface area contributed by atoms with Crippen molar-refractivity contribution < 1.29 is 36.2 Å². The van der Waals surface area contributed by atoms with Crippen LogP contribution in [-0.4, -0.2) is 36.4 Å². The van der Waals surface area contributed by atoms with Crippen LogP contribution in [0.5, 0.6) is 0 Å². The summed E-state index contributed by atoms with van der Waals surface area (Å²) in [5, 5.41) is 0. The molecule has 0 radical (unpaired) electrons. The summed E-state index contributed by atoms with van der Waals surface area (Å²) in [7, 11) is 0. The minimum absolute atomic E-state index is 0.0540. The van der Waals surface area contributed by atoms with Gasteiger partial charge in [-0.15, -0.1) is 0 Å². The molecule has 0 amide bonds. The van der Waals surface area contributed by atoms with Crippen LogP contribution in [0.2, 0.25) is 0 Å². The average Bonchev–Trinajstić information content (AvgIpc) is 2.59. The van der Waals surface area contributed by atoms with E-state index < -0.39 is 55.0 Å². The third-order valence-electron chi connectivity index (χ3n) is 7.82. The highest BCUT2D eigenvalue weighted by Crippen LogP contribution is 2.57. The number of esters is 1. The molecular formula is C21H29F5O3. The van der Waals surface area contributed by atoms with Crippen molar-refractivity contribution >= 4 is 5.97 Å². The van der Waals surface area contributed by atoms with Crippen LogP contribution in [0, 0.1) is 35.5 Å². The molecule has 0 spiro atoms. The minimum atomic E-state index is -4.52. The Bertz CT molecular complexity index is 621. The van der Waals surface area contributed by atoms with Crippen molar-refractivity contribution in [3.63, 3.8) is 0 Å². The number of hydrogen-bond acceptors (Lipinski definition) is 3. The summed E-state index contributed by atoms with van der Waals surface area (Å²) in [6.07, 6.45) is 4.15. The highest BCUT2D eigenvalue weighted by atomic mass is 19.3. The van der Waals surface area contributed by atoms with Crippen LogP contribution < -0.4 is 0 Å². The molecule has 4 bridgehead atoms. The van der Waals surface area contributed by atoms with E-state index in [1.54, 1.807) is 0 Å². The second-order valence-corrected chi connectivity index (χ2v) is 10.1. The van der Waals surface area contributed by atoms with Crippen molar-refractivity contribution in [2.24, 2.45) is 35.5 Å². The molecule has 0 N–H and O–H groups in total. The molecule has 5 rings (SSSR count). The number of hydrogen-bond donors (Lipinski definition) is 0. The van der Waals surface area contributed by atoms with E-state index in [0.29, 0.717) is 11.8 Å². The monoisotopic (exact) mass is 424 g/mol. The minimum Gasteiger partial charge on any atom is -0.438 e. The summed E-state index contributed by atoms with van der Waals surface area (Å²) < 4.78 is 82.3. The van der Waals surface area contributed by atoms with Crippen LogP contribution in [0.3, 0.4) is 0 Å². The first-order chi connectivity index (χ1) is 13.4. The van der Waals surface area contributed by atoms with Crippen molar-refractivity contribution in [1.29, 1.82) is 0 Å². The van der Waals surface area contributed by atoms with E-state index >= 15 is 0 Å². The Morgan fingerprint density at radius 1 is 1.00 bits per heavy atom. The predicted octanol–water partition coefficient (Wildman–Crippen LogP) is 5.37. The summed E-state index contributed by atoms with van der Waals surface area (Å²) in [5.74, 6) is -10.9. The molecule has 0 aromatic heterocycles. The van der Waals surface area contributed by atoms with Gasteiger partial charge in [0.2, 0.25) is 5.67 Å². The van der Waals surface area contributed by atoms with E-state index in [1.165, 1.54) is 13.3 Å². The average molecular weight is 424 g/mol. The Morgan fingerprint density at radius 3 is 2.07 bits per heavy atom. The summed E-state index contributed by atoms with van der Waals surface area (Å²) in [4.78, 5) is 12.3. The fourth-order valence-corrected chi connectivity index (χ4v) is 6.66. The predicted molar refractivity (Wildman–Crippen MR) is 94.2 cm³/mol. The fraction of sp³-hybridized carbons (Fsp3) is 0.952. The molecule has 29 heavy (non-hydrogen) atoms. The molecule has 5 fully saturated rings. The lowest BCUT2D eigenvalue weighted by Crippen LogP contribution is -2.64. The van der Waals surface area contributed by atoms with Crippen LogP contribution in [0.25, 0.3) is 0 Å². The third-order valence-corrected chi connectivity index (χ3v) is 7.82. The highest BCUT2D eigenvalue weighted by Gasteiger charge is 2.73. The molecule has 3 unspecified atom stereocenters. The third kappa shape index (κ3) is 3.47. The Kier molecular flexibility index (Phi) is 5.19. The van der Waals surface area contributed by atoms with Crippen molar-refractivity contribution in [1.82, 2.24) is 0 Å². The second-order valence-electron chi connectivity index (χ2n) is 10.1. The van der Waals surface area contributed by atoms with E-state index in [0.717, 1.165) is 37.5 Å². The molecule has 8 heteroatoms. The number of ether oxygens (including phenoxy) is 2. The molecule has 0 saturated heterocycles. The van der Waals surface area contributed by atoms with Gasteiger partial charge in [0.25, 0.3) is 5.92 Å². The van der Waals surface area contributed by atoms with Crippen LogP contribution in [0.15, 0.2) is 0 Å². The van der Waals surface area contributed by atoms with Crippen molar-refractivity contribution in [2.45, 2.75) is 82.4 Å². The number of carbonyl (C=O) groups is 1. The van der Waals surface area contributed by atoms with Crippen molar-refractivity contribution in [3.8, 4) is 0 Å². The van der Waals surface area contributed by atoms with E-state index in [9.17, 15) is 26.7 Å². The Hall–Kier alpha value is -0.920. The van der Waals surface area contributed by atoms with Gasteiger partial charge in [-0.25, -0.2) is 22.0 Å². The van der Waals surface area contributed by atoms with Gasteiger partial charge in [0.1, 0.15) is 5.92 Å². The number of rotatable bonds is 5. The quantitative estimate of drug-likeness (QED) is 0.338. The lowest BCUT2D eigenvalue weighted by molar-refractivity contribution is -0.284. The smallest absolute Gasteiger partial charge is 0.317 e. The maximum absolute atomic E-state index is 14.8. The largest absolute Gasteiger partial charge is 0.438 e. The molecule has 166 valence electrons. The van der Waals surface area contributed by atoms with Gasteiger partial charge in [0.05, 0.1) is 6.10 Å². The molecule has 5 aliphatic rings. The Morgan fingerprint density at radius 2 is 1.55 bits per heavy atom. The van der Waals surface area contributed by atoms with Gasteiger partial charge >= 0.3 is 11.9 Å². The molecule has 0 heterocycles. The molecule has 0 aliphatic heterocycles. The summed E-state index contributed by atoms with van der Waals surface area (Å²) in [6, 6.07) is 0. The molecular weight excluding hydrogens is 395 g/mol. The first-order valence-electron chi connectivity index (χ1n) is 10.6. The van der Waals surface area contributed by atoms with Gasteiger partial charge < -0.3 is 9.47 Å². The van der Waals surface area contributed by atoms with Gasteiger partial charge in [0.15, 0.2) is 6.79 Å². The molecule has 0 aromatic carbocycles. The molecule has 3 nitrogen and oxygen atoms in total. The zero-order valence-electron chi connectivity index (χ0n) is 16.8. The van der Waals surface area contributed by atoms with Crippen LogP contribution in [0.1, 0.15) is 58.8 Å². The van der Waals surface area contributed by atoms with E-state index in [-0.39, 0.29) is 13.0 Å². The zero-order chi connectivity index (χ0) is 21.2. The summed E-state index contributed by atoms with van der Waals surface area (Å²) >= 11 is 0. The van der Waals surface area contributed by atoms with E-state index in [1.807, 2.05) is 0 Å². The van der Waals surface area contributed by atoms with Gasteiger partial charge in [-0.3, -0.25) is 4.79 Å². The standard InChI is InChI=1S/C21H29F5O3/c1-11-3-16(21(25,26)20(24,9-11)19(2,22)23)18(27)29-10-28-17-14-5-12-4-13(7-14)8-15(17)6-12/h11-17H,3-10H2,1-2H3. The van der Waals surface area contributed by atoms with Crippen LogP contribution >= 0.6 is 0 Å². The normalized spacial score (nSPS) is 46.0. The summed E-state index contributed by atoms with van der Waals surface area (Å²) in [6.45, 7) is 1.03. The molecule has 5 saturated carbocycles. The van der Waals surface area contributed by atoms with Crippen LogP contribution in [-0.2, 0) is 14.3 Å². The summed E-state index contributed by atoms with van der Waals surface area (Å²) in [5.41, 5.74) is -4.08. The molecule has 0 aromatic rings. The molecule has 5 aliphatic carbocycles. The number of carbonyl (C=O) groups excluding carboxylic acids is 1. The zero-order valence-corrected chi connectivity index (χ0v) is 16.8. The fourth-order valence-electron chi connectivity index (χ4n) is 6.66. The van der Waals surface area contributed by atoms with Gasteiger partial charge in [-0.1, -0.05) is 6.92 Å². The lowest BCUT2D eigenvalue weighted by atomic mass is 9.55. The van der Waals surface area contributed by atoms with Crippen LogP contribution in [0.4, 0.5) is 22.0 Å². The van der Waals surface area contributed by atoms with Gasteiger partial charge in [-0.2, -0.15) is 0 Å². The number of halogens is 5. The Labute approximate surface area is 167 Å². The topological polar surface area (TPSA) is 35.5 Å². The van der Waals surface area contributed by atoms with Crippen molar-refractivity contribution in [3.05, 3.63) is 0 Å². The first kappa shape index (κ1) is 21.3. The Balaban J connectivity index is 1.38. The van der Waals surface area contributed by atoms with E-state index in [2.05, 4.69) is 0 Å². The highest BCUT2D eigenvalue weighted by molar-refractivity contribution is 5.74. The van der Waals surface area contributed by atoms with Gasteiger partial charge in [0, 0.05) is 6.92 Å². The molecule has 3 atom stereocenters. The van der Waals surface area contributed by atoms with Gasteiger partial charge in [-0.05, 0) is 74.5 Å². The number of alkyl halides is 5.